The predicted molar refractivity (Wildman–Crippen MR) is 235 cm³/mol. The number of carbonyl (C=O) groups excluding carboxylic acids is 6. The fourth-order valence-electron chi connectivity index (χ4n) is 5.70. The number of carbonyl (C=O) groups is 7. The smallest absolute Gasteiger partial charge is 0.335 e. The maximum Gasteiger partial charge on any atom is 0.335 e. The van der Waals surface area contributed by atoms with Crippen molar-refractivity contribution in [3.05, 3.63) is 137 Å². The van der Waals surface area contributed by atoms with Crippen LogP contribution in [0.3, 0.4) is 0 Å². The van der Waals surface area contributed by atoms with Gasteiger partial charge >= 0.3 is 5.97 Å². The number of aromatic carboxylic acids is 1. The molecule has 0 bridgehead atoms. The number of phenols is 1. The zero-order chi connectivity index (χ0) is 45.8. The second-order valence-electron chi connectivity index (χ2n) is 14.0. The molecule has 0 heterocycles. The molecule has 0 fully saturated rings. The van der Waals surface area contributed by atoms with E-state index in [1.54, 1.807) is 45.0 Å². The van der Waals surface area contributed by atoms with Gasteiger partial charge in [0, 0.05) is 33.1 Å². The van der Waals surface area contributed by atoms with Crippen molar-refractivity contribution < 1.29 is 48.5 Å². The minimum absolute atomic E-state index is 0.0204. The van der Waals surface area contributed by atoms with Crippen LogP contribution in [0.1, 0.15) is 74.2 Å². The molecule has 17 nitrogen and oxygen atoms in total. The average molecular weight is 872 g/mol. The second kappa shape index (κ2) is 20.9. The van der Waals surface area contributed by atoms with E-state index in [9.17, 15) is 38.7 Å². The predicted octanol–water partition coefficient (Wildman–Crippen LogP) is 5.99. The Balaban J connectivity index is 1.19. The van der Waals surface area contributed by atoms with Crippen molar-refractivity contribution in [1.29, 1.82) is 5.26 Å². The molecule has 5 aromatic rings. The first-order valence-corrected chi connectivity index (χ1v) is 20.0. The average Bonchev–Trinajstić information content (AvgIpc) is 3.25. The van der Waals surface area contributed by atoms with Crippen LogP contribution in [-0.4, -0.2) is 69.0 Å². The monoisotopic (exact) mass is 871 g/mol. The van der Waals surface area contributed by atoms with Gasteiger partial charge in [-0.15, -0.1) is 11.8 Å². The van der Waals surface area contributed by atoms with E-state index in [1.807, 2.05) is 6.07 Å². The van der Waals surface area contributed by atoms with Gasteiger partial charge in [0.2, 0.25) is 17.7 Å². The molecule has 0 aromatic heterocycles. The molecule has 0 spiro atoms. The van der Waals surface area contributed by atoms with Crippen molar-refractivity contribution in [1.82, 2.24) is 5.32 Å². The molecular weight excluding hydrogens is 831 g/mol. The fraction of sp³-hybridized carbons (Fsp3) is 0.156. The number of benzene rings is 5. The Kier molecular flexibility index (Phi) is 15.2. The summed E-state index contributed by atoms with van der Waals surface area (Å²) >= 11 is 1.31. The quantitative estimate of drug-likeness (QED) is 0.0501. The zero-order valence-corrected chi connectivity index (χ0v) is 34.7. The number of anilines is 4. The molecule has 322 valence electrons. The number of hydrogen-bond donors (Lipinski definition) is 8. The normalized spacial score (nSPS) is 11.5. The summed E-state index contributed by atoms with van der Waals surface area (Å²) in [6, 6.07) is 27.0. The highest BCUT2D eigenvalue weighted by atomic mass is 32.2. The van der Waals surface area contributed by atoms with Gasteiger partial charge in [0.25, 0.3) is 17.7 Å². The molecule has 0 radical (unpaired) electrons. The topological polar surface area (TPSA) is 279 Å². The maximum absolute atomic E-state index is 13.3. The Labute approximate surface area is 365 Å². The Morgan fingerprint density at radius 3 is 1.71 bits per heavy atom. The van der Waals surface area contributed by atoms with E-state index < -0.39 is 65.1 Å². The number of nitriles is 1. The number of primary amides is 1. The first kappa shape index (κ1) is 45.9. The molecule has 0 aliphatic rings. The largest absolute Gasteiger partial charge is 0.504 e. The summed E-state index contributed by atoms with van der Waals surface area (Å²) < 4.78 is 5.77. The number of thioether (sulfide) groups is 1. The van der Waals surface area contributed by atoms with Gasteiger partial charge in [-0.2, -0.15) is 5.26 Å². The van der Waals surface area contributed by atoms with E-state index in [1.165, 1.54) is 96.7 Å². The third-order valence-electron chi connectivity index (χ3n) is 8.89. The number of nitrogens with zero attached hydrogens (tertiary/aromatic N) is 1. The number of rotatable bonds is 17. The van der Waals surface area contributed by atoms with E-state index in [0.717, 1.165) is 4.90 Å². The molecule has 9 N–H and O–H groups in total. The lowest BCUT2D eigenvalue weighted by molar-refractivity contribution is -0.123. The van der Waals surface area contributed by atoms with Gasteiger partial charge in [-0.25, -0.2) is 4.79 Å². The molecule has 2 atom stereocenters. The van der Waals surface area contributed by atoms with Crippen molar-refractivity contribution in [2.75, 3.05) is 21.3 Å². The van der Waals surface area contributed by atoms with Crippen LogP contribution in [0.4, 0.5) is 22.7 Å². The molecule has 5 rings (SSSR count). The van der Waals surface area contributed by atoms with Crippen molar-refractivity contribution in [2.45, 2.75) is 49.5 Å². The van der Waals surface area contributed by atoms with Crippen LogP contribution in [0.25, 0.3) is 0 Å². The molecule has 63 heavy (non-hydrogen) atoms. The minimum atomic E-state index is -1.38. The van der Waals surface area contributed by atoms with Crippen LogP contribution in [-0.2, 0) is 14.4 Å². The number of carboxylic acids is 1. The van der Waals surface area contributed by atoms with Crippen molar-refractivity contribution in [3.63, 3.8) is 0 Å². The molecule has 0 aliphatic carbocycles. The first-order chi connectivity index (χ1) is 30.0. The summed E-state index contributed by atoms with van der Waals surface area (Å²) in [5, 5.41) is 41.8. The summed E-state index contributed by atoms with van der Waals surface area (Å²) in [4.78, 5) is 89.5. The Morgan fingerprint density at radius 1 is 0.667 bits per heavy atom. The van der Waals surface area contributed by atoms with Crippen LogP contribution in [0.15, 0.2) is 114 Å². The summed E-state index contributed by atoms with van der Waals surface area (Å²) in [6.07, 6.45) is -1.02. The van der Waals surface area contributed by atoms with E-state index in [-0.39, 0.29) is 51.0 Å². The molecule has 0 saturated heterocycles. The molecule has 1 unspecified atom stereocenters. The highest BCUT2D eigenvalue weighted by Gasteiger charge is 2.25. The molecule has 5 aromatic carbocycles. The number of carboxylic acid groups (broad SMARTS) is 1. The molecule has 18 heteroatoms. The third-order valence-corrected chi connectivity index (χ3v) is 10.0. The number of hydrogen-bond acceptors (Lipinski definition) is 11. The number of ether oxygens (including phenoxy) is 1. The Bertz CT molecular complexity index is 2580. The summed E-state index contributed by atoms with van der Waals surface area (Å²) in [6.45, 7) is 5.08. The second-order valence-corrected chi connectivity index (χ2v) is 15.4. The lowest BCUT2D eigenvalue weighted by Gasteiger charge is -2.19. The standard InChI is InChI=1S/C45H41N7O10S/c1-24(2)62-39-35(21-20-34(38(39)54)43(58)49-31-16-10-29(11-17-31)45(60)61)51-41(56)27-8-14-32(15-9-27)50-44(59)36(22-37(47)53)52-42(57)28-6-12-30(13-7-28)48-40(55)25(3)63-33-18-4-26(23-46)5-19-33/h4-21,24-25,36,54H,22H2,1-3H3,(H2,47,53)(H,48,55)(H,49,58)(H,50,59)(H,51,56)(H,52,57)(H,60,61)/t25?,36-/m0/s1. The van der Waals surface area contributed by atoms with Crippen LogP contribution in [0.5, 0.6) is 11.5 Å². The van der Waals surface area contributed by atoms with Gasteiger partial charge < -0.3 is 47.3 Å². The number of nitrogens with two attached hydrogens (primary N) is 1. The van der Waals surface area contributed by atoms with Gasteiger partial charge in [0.1, 0.15) is 6.04 Å². The molecule has 0 aliphatic heterocycles. The first-order valence-electron chi connectivity index (χ1n) is 19.1. The molecule has 6 amide bonds. The summed E-state index contributed by atoms with van der Waals surface area (Å²) in [5.74, 6) is -5.86. The van der Waals surface area contributed by atoms with Gasteiger partial charge in [-0.1, -0.05) is 0 Å². The summed E-state index contributed by atoms with van der Waals surface area (Å²) in [7, 11) is 0. The van der Waals surface area contributed by atoms with Crippen LogP contribution < -0.4 is 37.1 Å². The van der Waals surface area contributed by atoms with Gasteiger partial charge in [-0.3, -0.25) is 28.8 Å². The number of aromatic hydroxyl groups is 1. The molecule has 0 saturated carbocycles. The van der Waals surface area contributed by atoms with E-state index in [4.69, 9.17) is 20.8 Å². The van der Waals surface area contributed by atoms with Crippen molar-refractivity contribution in [3.8, 4) is 17.6 Å². The third kappa shape index (κ3) is 12.7. The van der Waals surface area contributed by atoms with Gasteiger partial charge in [0.05, 0.1) is 46.2 Å². The minimum Gasteiger partial charge on any atom is -0.504 e. The highest BCUT2D eigenvalue weighted by Crippen LogP contribution is 2.39. The Hall–Kier alpha value is -8.17. The highest BCUT2D eigenvalue weighted by molar-refractivity contribution is 8.00. The van der Waals surface area contributed by atoms with Crippen LogP contribution in [0, 0.1) is 11.3 Å². The number of amides is 6. The number of phenolic OH excluding ortho intramolecular Hbond substituents is 1. The maximum atomic E-state index is 13.3. The van der Waals surface area contributed by atoms with Crippen LogP contribution in [0.2, 0.25) is 0 Å². The number of nitrogens with one attached hydrogen (secondary N) is 5. The van der Waals surface area contributed by atoms with Gasteiger partial charge in [0.15, 0.2) is 11.5 Å². The lowest BCUT2D eigenvalue weighted by Crippen LogP contribution is -2.46. The van der Waals surface area contributed by atoms with Crippen LogP contribution >= 0.6 is 11.8 Å². The fourth-order valence-corrected chi connectivity index (χ4v) is 6.57. The summed E-state index contributed by atoms with van der Waals surface area (Å²) in [5.41, 5.74) is 6.93. The van der Waals surface area contributed by atoms with E-state index in [2.05, 4.69) is 26.6 Å². The zero-order valence-electron chi connectivity index (χ0n) is 33.9. The molecular formula is C45H41N7O10S. The lowest BCUT2D eigenvalue weighted by atomic mass is 10.1. The van der Waals surface area contributed by atoms with Crippen molar-refractivity contribution in [2.24, 2.45) is 5.73 Å². The van der Waals surface area contributed by atoms with Gasteiger partial charge in [-0.05, 0) is 130 Å². The van der Waals surface area contributed by atoms with Crippen molar-refractivity contribution >= 4 is 75.9 Å². The van der Waals surface area contributed by atoms with E-state index in [0.29, 0.717) is 11.3 Å². The Morgan fingerprint density at radius 2 is 1.19 bits per heavy atom. The van der Waals surface area contributed by atoms with E-state index >= 15 is 0 Å². The SMILES string of the molecule is CC(C)Oc1c(NC(=O)c2ccc(NC(=O)[C@H](CC(N)=O)NC(=O)c3ccc(NC(=O)C(C)Sc4ccc(C#N)cc4)cc3)cc2)ccc(C(=O)Nc2ccc(C(=O)O)cc2)c1O.